The molecule has 0 spiro atoms. The van der Waals surface area contributed by atoms with E-state index in [1.165, 1.54) is 270 Å². The van der Waals surface area contributed by atoms with Crippen molar-refractivity contribution in [2.24, 2.45) is 0 Å². The van der Waals surface area contributed by atoms with Crippen molar-refractivity contribution in [1.82, 2.24) is 5.32 Å². The molecule has 3 N–H and O–H groups in total. The minimum Gasteiger partial charge on any atom is -0.466 e. The van der Waals surface area contributed by atoms with Crippen molar-refractivity contribution in [2.45, 2.75) is 373 Å². The van der Waals surface area contributed by atoms with Gasteiger partial charge in [-0.15, -0.1) is 0 Å². The summed E-state index contributed by atoms with van der Waals surface area (Å²) in [6.07, 6.45) is 80.2. The fraction of sp³-hybridized carbons (Fsp3) is 0.882. The second-order valence-electron chi connectivity index (χ2n) is 22.8. The molecule has 0 aromatic heterocycles. The topological polar surface area (TPSA) is 95.9 Å². The zero-order valence-corrected chi connectivity index (χ0v) is 49.8. The number of unbranched alkanes of at least 4 members (excludes halogenated alkanes) is 45. The molecule has 0 aromatic carbocycles. The minimum atomic E-state index is -0.671. The predicted molar refractivity (Wildman–Crippen MR) is 324 cm³/mol. The third-order valence-electron chi connectivity index (χ3n) is 15.4. The summed E-state index contributed by atoms with van der Waals surface area (Å²) in [6, 6.07) is -0.550. The Bertz CT molecular complexity index is 1200. The first-order valence-electron chi connectivity index (χ1n) is 33.2. The number of ether oxygens (including phenoxy) is 1. The van der Waals surface area contributed by atoms with Crippen LogP contribution in [0.15, 0.2) is 36.5 Å². The lowest BCUT2D eigenvalue weighted by molar-refractivity contribution is -0.143. The largest absolute Gasteiger partial charge is 0.466 e. The van der Waals surface area contributed by atoms with Crippen LogP contribution in [0.2, 0.25) is 0 Å². The van der Waals surface area contributed by atoms with Crippen molar-refractivity contribution in [1.29, 1.82) is 0 Å². The predicted octanol–water partition coefficient (Wildman–Crippen LogP) is 21.1. The number of allylic oxidation sites excluding steroid dienone is 6. The molecule has 0 saturated carbocycles. The lowest BCUT2D eigenvalue weighted by Gasteiger charge is -2.22. The highest BCUT2D eigenvalue weighted by Gasteiger charge is 2.20. The van der Waals surface area contributed by atoms with Gasteiger partial charge in [-0.2, -0.15) is 0 Å². The second-order valence-corrected chi connectivity index (χ2v) is 22.8. The molecule has 0 heterocycles. The molecule has 0 rings (SSSR count). The molecule has 74 heavy (non-hydrogen) atoms. The first kappa shape index (κ1) is 72.1. The molecule has 0 aliphatic carbocycles. The molecule has 6 heteroatoms. The monoisotopic (exact) mass is 1040 g/mol. The average Bonchev–Trinajstić information content (AvgIpc) is 3.40. The number of carbonyl (C=O) groups is 2. The minimum absolute atomic E-state index is 0.00453. The van der Waals surface area contributed by atoms with Gasteiger partial charge < -0.3 is 20.3 Å². The maximum absolute atomic E-state index is 12.5. The number of carbonyl (C=O) groups excluding carboxylic acids is 2. The molecule has 0 aliphatic rings. The van der Waals surface area contributed by atoms with Gasteiger partial charge >= 0.3 is 5.97 Å². The summed E-state index contributed by atoms with van der Waals surface area (Å²) < 4.78 is 5.49. The van der Waals surface area contributed by atoms with Crippen LogP contribution in [-0.4, -0.2) is 47.4 Å². The standard InChI is InChI=1S/C68H129NO5/c1-3-5-7-9-11-13-15-17-19-21-30-34-38-42-46-50-54-58-62-68(73)74-63-59-55-51-47-43-39-35-31-28-26-24-22-23-25-27-29-33-37-41-45-49-53-57-61-67(72)69-65(64-70)66(71)60-56-52-48-44-40-36-32-20-18-16-14-12-10-8-6-4-2/h19,21-22,24-25,27,65-66,70-71H,3-18,20,23,26,28-64H2,1-2H3,(H,69,72)/b21-19-,24-22-,27-25-. The van der Waals surface area contributed by atoms with Gasteiger partial charge in [-0.25, -0.2) is 0 Å². The van der Waals surface area contributed by atoms with Crippen molar-refractivity contribution in [3.8, 4) is 0 Å². The Hall–Kier alpha value is -1.92. The van der Waals surface area contributed by atoms with Crippen molar-refractivity contribution in [2.75, 3.05) is 13.2 Å². The zero-order valence-electron chi connectivity index (χ0n) is 49.8. The Labute approximate surface area is 462 Å². The van der Waals surface area contributed by atoms with Gasteiger partial charge in [-0.3, -0.25) is 9.59 Å². The SMILES string of the molecule is CCCCCCCCC/C=C\CCCCCCCCCC(=O)OCCCCCCCCCCC/C=C\C/C=C\CCCCCCCCCC(=O)NC(CO)C(O)CCCCCCCCCCCCCCCCCC. The first-order chi connectivity index (χ1) is 36.5. The fourth-order valence-corrected chi connectivity index (χ4v) is 10.3. The molecule has 2 unspecified atom stereocenters. The van der Waals surface area contributed by atoms with Gasteiger partial charge in [0.2, 0.25) is 5.91 Å². The number of esters is 1. The summed E-state index contributed by atoms with van der Waals surface area (Å²) in [6.45, 7) is 4.96. The second kappa shape index (κ2) is 63.6. The molecule has 0 aromatic rings. The molecule has 0 saturated heterocycles. The molecule has 0 bridgehead atoms. The molecule has 2 atom stereocenters. The summed E-state index contributed by atoms with van der Waals surface area (Å²) in [5.41, 5.74) is 0. The van der Waals surface area contributed by atoms with Crippen LogP contribution in [0.4, 0.5) is 0 Å². The fourth-order valence-electron chi connectivity index (χ4n) is 10.3. The highest BCUT2D eigenvalue weighted by Crippen LogP contribution is 2.18. The lowest BCUT2D eigenvalue weighted by atomic mass is 10.0. The summed E-state index contributed by atoms with van der Waals surface area (Å²) in [7, 11) is 0. The van der Waals surface area contributed by atoms with Crippen molar-refractivity contribution in [3.05, 3.63) is 36.5 Å². The van der Waals surface area contributed by atoms with Crippen LogP contribution in [0.25, 0.3) is 0 Å². The summed E-state index contributed by atoms with van der Waals surface area (Å²) in [4.78, 5) is 24.6. The van der Waals surface area contributed by atoms with E-state index in [1.54, 1.807) is 0 Å². The van der Waals surface area contributed by atoms with Crippen molar-refractivity contribution in [3.63, 3.8) is 0 Å². The van der Waals surface area contributed by atoms with Crippen LogP contribution in [-0.2, 0) is 14.3 Å². The number of hydrogen-bond acceptors (Lipinski definition) is 5. The van der Waals surface area contributed by atoms with E-state index in [2.05, 4.69) is 55.6 Å². The van der Waals surface area contributed by atoms with Gasteiger partial charge in [-0.1, -0.05) is 301 Å². The van der Waals surface area contributed by atoms with Crippen LogP contribution in [0.1, 0.15) is 361 Å². The molecule has 0 aliphatic heterocycles. The van der Waals surface area contributed by atoms with Gasteiger partial charge in [0.05, 0.1) is 25.4 Å². The number of rotatable bonds is 62. The number of nitrogens with one attached hydrogen (secondary N) is 1. The van der Waals surface area contributed by atoms with Gasteiger partial charge in [0, 0.05) is 12.8 Å². The van der Waals surface area contributed by atoms with Crippen LogP contribution in [0, 0.1) is 0 Å². The molecule has 436 valence electrons. The highest BCUT2D eigenvalue weighted by atomic mass is 16.5. The normalized spacial score (nSPS) is 12.8. The molecular formula is C68H129NO5. The molecule has 1 amide bonds. The van der Waals surface area contributed by atoms with E-state index in [1.807, 2.05) is 0 Å². The Morgan fingerprint density at radius 2 is 0.676 bits per heavy atom. The van der Waals surface area contributed by atoms with Crippen LogP contribution >= 0.6 is 0 Å². The third-order valence-corrected chi connectivity index (χ3v) is 15.4. The Morgan fingerprint density at radius 3 is 1.04 bits per heavy atom. The van der Waals surface area contributed by atoms with E-state index in [0.29, 0.717) is 25.9 Å². The summed E-state index contributed by atoms with van der Waals surface area (Å²) in [5.74, 6) is -0.0389. The van der Waals surface area contributed by atoms with Gasteiger partial charge in [0.1, 0.15) is 0 Å². The quantitative estimate of drug-likeness (QED) is 0.0320. The average molecular weight is 1040 g/mol. The Morgan fingerprint density at radius 1 is 0.378 bits per heavy atom. The maximum Gasteiger partial charge on any atom is 0.305 e. The van der Waals surface area contributed by atoms with E-state index in [0.717, 1.165) is 57.8 Å². The van der Waals surface area contributed by atoms with Crippen molar-refractivity contribution >= 4 is 11.9 Å². The third kappa shape index (κ3) is 59.3. The van der Waals surface area contributed by atoms with E-state index in [-0.39, 0.29) is 18.5 Å². The molecule has 0 radical (unpaired) electrons. The zero-order chi connectivity index (χ0) is 53.6. The van der Waals surface area contributed by atoms with Gasteiger partial charge in [0.15, 0.2) is 0 Å². The number of hydrogen-bond donors (Lipinski definition) is 3. The maximum atomic E-state index is 12.5. The smallest absolute Gasteiger partial charge is 0.305 e. The summed E-state index contributed by atoms with van der Waals surface area (Å²) >= 11 is 0. The van der Waals surface area contributed by atoms with Crippen LogP contribution < -0.4 is 5.32 Å². The van der Waals surface area contributed by atoms with E-state index >= 15 is 0 Å². The number of aliphatic hydroxyl groups excluding tert-OH is 2. The van der Waals surface area contributed by atoms with Gasteiger partial charge in [0.25, 0.3) is 0 Å². The summed E-state index contributed by atoms with van der Waals surface area (Å²) in [5, 5.41) is 23.3. The Balaban J connectivity index is 3.43. The molecule has 0 fully saturated rings. The molecule has 6 nitrogen and oxygen atoms in total. The van der Waals surface area contributed by atoms with E-state index < -0.39 is 12.1 Å². The Kier molecular flexibility index (Phi) is 62.0. The van der Waals surface area contributed by atoms with Crippen LogP contribution in [0.3, 0.4) is 0 Å². The lowest BCUT2D eigenvalue weighted by Crippen LogP contribution is -2.45. The number of amides is 1. The first-order valence-corrected chi connectivity index (χ1v) is 33.2. The van der Waals surface area contributed by atoms with Gasteiger partial charge in [-0.05, 0) is 83.5 Å². The van der Waals surface area contributed by atoms with Crippen molar-refractivity contribution < 1.29 is 24.5 Å². The number of aliphatic hydroxyl groups is 2. The van der Waals surface area contributed by atoms with E-state index in [9.17, 15) is 19.8 Å². The highest BCUT2D eigenvalue weighted by molar-refractivity contribution is 5.76. The van der Waals surface area contributed by atoms with Crippen LogP contribution in [0.5, 0.6) is 0 Å². The molecular weight excluding hydrogens is 911 g/mol. The van der Waals surface area contributed by atoms with E-state index in [4.69, 9.17) is 4.74 Å².